The number of thioether (sulfide) groups is 1. The molecule has 1 aromatic carbocycles. The van der Waals surface area contributed by atoms with E-state index in [1.165, 1.54) is 18.6 Å². The lowest BCUT2D eigenvalue weighted by Crippen LogP contribution is -2.26. The summed E-state index contributed by atoms with van der Waals surface area (Å²) in [6.45, 7) is 0.726. The summed E-state index contributed by atoms with van der Waals surface area (Å²) in [5.74, 6) is 1.20. The highest BCUT2D eigenvalue weighted by molar-refractivity contribution is 8.00. The number of hydrogen-bond acceptors (Lipinski definition) is 3. The minimum absolute atomic E-state index is 0.0295. The SMILES string of the molecule is O=c1c2ccccc2[nH]c(=S)n1CC1CCCS1. The zero-order valence-corrected chi connectivity index (χ0v) is 11.5. The van der Waals surface area contributed by atoms with Gasteiger partial charge in [0, 0.05) is 11.8 Å². The van der Waals surface area contributed by atoms with Crippen molar-refractivity contribution in [2.75, 3.05) is 5.75 Å². The average molecular weight is 278 g/mol. The number of hydrogen-bond donors (Lipinski definition) is 1. The molecule has 1 saturated heterocycles. The molecule has 0 radical (unpaired) electrons. The average Bonchev–Trinajstić information content (AvgIpc) is 2.87. The molecule has 3 nitrogen and oxygen atoms in total. The van der Waals surface area contributed by atoms with Gasteiger partial charge in [0.25, 0.3) is 5.56 Å². The van der Waals surface area contributed by atoms with Crippen molar-refractivity contribution in [3.63, 3.8) is 0 Å². The predicted molar refractivity (Wildman–Crippen MR) is 78.9 cm³/mol. The van der Waals surface area contributed by atoms with Crippen molar-refractivity contribution >= 4 is 34.9 Å². The van der Waals surface area contributed by atoms with Gasteiger partial charge >= 0.3 is 0 Å². The number of para-hydroxylation sites is 1. The van der Waals surface area contributed by atoms with Gasteiger partial charge in [-0.1, -0.05) is 12.1 Å². The molecule has 1 unspecified atom stereocenters. The van der Waals surface area contributed by atoms with Crippen molar-refractivity contribution in [3.8, 4) is 0 Å². The smallest absolute Gasteiger partial charge is 0.262 e. The topological polar surface area (TPSA) is 37.8 Å². The Hall–Kier alpha value is -1.07. The molecule has 94 valence electrons. The molecule has 1 N–H and O–H groups in total. The third kappa shape index (κ3) is 2.12. The molecule has 1 aromatic heterocycles. The molecule has 0 aliphatic carbocycles. The van der Waals surface area contributed by atoms with Crippen molar-refractivity contribution < 1.29 is 0 Å². The van der Waals surface area contributed by atoms with Crippen LogP contribution in [0.2, 0.25) is 0 Å². The standard InChI is InChI=1S/C13H14N2OS2/c16-12-10-5-1-2-6-11(10)14-13(17)15(12)8-9-4-3-7-18-9/h1-2,5-6,9H,3-4,7-8H2,(H,14,17). The van der Waals surface area contributed by atoms with Gasteiger partial charge < -0.3 is 4.98 Å². The lowest BCUT2D eigenvalue weighted by atomic mass is 10.2. The lowest BCUT2D eigenvalue weighted by molar-refractivity contribution is 0.608. The van der Waals surface area contributed by atoms with Crippen LogP contribution in [0.25, 0.3) is 10.9 Å². The van der Waals surface area contributed by atoms with Gasteiger partial charge in [0.2, 0.25) is 0 Å². The number of aromatic amines is 1. The van der Waals surface area contributed by atoms with Crippen LogP contribution in [0.3, 0.4) is 0 Å². The number of benzene rings is 1. The highest BCUT2D eigenvalue weighted by atomic mass is 32.2. The summed E-state index contributed by atoms with van der Waals surface area (Å²) in [7, 11) is 0. The fourth-order valence-corrected chi connectivity index (χ4v) is 3.88. The molecule has 5 heteroatoms. The third-order valence-electron chi connectivity index (χ3n) is 3.30. The molecule has 2 heterocycles. The first-order chi connectivity index (χ1) is 8.75. The first-order valence-corrected chi connectivity index (χ1v) is 7.55. The van der Waals surface area contributed by atoms with Crippen LogP contribution >= 0.6 is 24.0 Å². The van der Waals surface area contributed by atoms with E-state index in [1.807, 2.05) is 36.0 Å². The molecule has 0 amide bonds. The van der Waals surface area contributed by atoms with Crippen LogP contribution in [0.4, 0.5) is 0 Å². The fourth-order valence-electron chi connectivity index (χ4n) is 2.36. The number of rotatable bonds is 2. The van der Waals surface area contributed by atoms with Crippen LogP contribution < -0.4 is 5.56 Å². The van der Waals surface area contributed by atoms with E-state index < -0.39 is 0 Å². The van der Waals surface area contributed by atoms with Gasteiger partial charge in [-0.05, 0) is 42.9 Å². The highest BCUT2D eigenvalue weighted by Gasteiger charge is 2.17. The Morgan fingerprint density at radius 1 is 1.44 bits per heavy atom. The van der Waals surface area contributed by atoms with Gasteiger partial charge in [0.1, 0.15) is 0 Å². The van der Waals surface area contributed by atoms with Gasteiger partial charge in [0.05, 0.1) is 10.9 Å². The van der Waals surface area contributed by atoms with Crippen LogP contribution in [0.15, 0.2) is 29.1 Å². The van der Waals surface area contributed by atoms with Crippen LogP contribution in [-0.4, -0.2) is 20.6 Å². The normalized spacial score (nSPS) is 19.4. The number of aromatic nitrogens is 2. The van der Waals surface area contributed by atoms with Gasteiger partial charge in [-0.25, -0.2) is 0 Å². The quantitative estimate of drug-likeness (QED) is 0.858. The van der Waals surface area contributed by atoms with Gasteiger partial charge in [-0.15, -0.1) is 0 Å². The van der Waals surface area contributed by atoms with Crippen LogP contribution in [0.5, 0.6) is 0 Å². The number of nitrogens with one attached hydrogen (secondary N) is 1. The first kappa shape index (κ1) is 12.0. The second-order valence-corrected chi connectivity index (χ2v) is 6.32. The van der Waals surface area contributed by atoms with E-state index in [0.29, 0.717) is 15.4 Å². The molecular weight excluding hydrogens is 264 g/mol. The van der Waals surface area contributed by atoms with E-state index in [2.05, 4.69) is 4.98 Å². The first-order valence-electron chi connectivity index (χ1n) is 6.09. The molecule has 1 atom stereocenters. The maximum Gasteiger partial charge on any atom is 0.262 e. The molecular formula is C13H14N2OS2. The van der Waals surface area contributed by atoms with E-state index >= 15 is 0 Å². The van der Waals surface area contributed by atoms with Crippen LogP contribution in [0, 0.1) is 4.77 Å². The Labute approximate surface area is 114 Å². The van der Waals surface area contributed by atoms with E-state index in [1.54, 1.807) is 4.57 Å². The summed E-state index contributed by atoms with van der Waals surface area (Å²) >= 11 is 7.24. The van der Waals surface area contributed by atoms with Crippen LogP contribution in [0.1, 0.15) is 12.8 Å². The van der Waals surface area contributed by atoms with Crippen molar-refractivity contribution in [1.82, 2.24) is 9.55 Å². The number of nitrogens with zero attached hydrogens (tertiary/aromatic N) is 1. The Morgan fingerprint density at radius 2 is 2.28 bits per heavy atom. The van der Waals surface area contributed by atoms with Crippen LogP contribution in [-0.2, 0) is 6.54 Å². The van der Waals surface area contributed by atoms with E-state index in [9.17, 15) is 4.79 Å². The Morgan fingerprint density at radius 3 is 3.06 bits per heavy atom. The maximum absolute atomic E-state index is 12.4. The molecule has 18 heavy (non-hydrogen) atoms. The van der Waals surface area contributed by atoms with Crippen molar-refractivity contribution in [3.05, 3.63) is 39.4 Å². The fraction of sp³-hybridized carbons (Fsp3) is 0.385. The summed E-state index contributed by atoms with van der Waals surface area (Å²) in [4.78, 5) is 15.5. The molecule has 2 aromatic rings. The maximum atomic E-state index is 12.4. The summed E-state index contributed by atoms with van der Waals surface area (Å²) in [5.41, 5.74) is 0.852. The van der Waals surface area contributed by atoms with Crippen molar-refractivity contribution in [2.24, 2.45) is 0 Å². The zero-order valence-electron chi connectivity index (χ0n) is 9.89. The summed E-state index contributed by atoms with van der Waals surface area (Å²) < 4.78 is 2.24. The lowest BCUT2D eigenvalue weighted by Gasteiger charge is -2.12. The Kier molecular flexibility index (Phi) is 3.26. The Bertz CT molecular complexity index is 683. The Balaban J connectivity index is 2.11. The minimum Gasteiger partial charge on any atom is -0.332 e. The highest BCUT2D eigenvalue weighted by Crippen LogP contribution is 2.27. The molecule has 1 fully saturated rings. The van der Waals surface area contributed by atoms with Gasteiger partial charge in [-0.3, -0.25) is 9.36 Å². The molecule has 0 spiro atoms. The molecule has 1 aliphatic rings. The monoisotopic (exact) mass is 278 g/mol. The second kappa shape index (κ2) is 4.90. The van der Waals surface area contributed by atoms with E-state index in [4.69, 9.17) is 12.2 Å². The second-order valence-electron chi connectivity index (χ2n) is 4.53. The minimum atomic E-state index is 0.0295. The van der Waals surface area contributed by atoms with Gasteiger partial charge in [-0.2, -0.15) is 11.8 Å². The van der Waals surface area contributed by atoms with Crippen molar-refractivity contribution in [1.29, 1.82) is 0 Å². The summed E-state index contributed by atoms with van der Waals surface area (Å²) in [6.07, 6.45) is 2.42. The molecule has 0 bridgehead atoms. The number of H-pyrrole nitrogens is 1. The van der Waals surface area contributed by atoms with Crippen molar-refractivity contribution in [2.45, 2.75) is 24.6 Å². The van der Waals surface area contributed by atoms with E-state index in [-0.39, 0.29) is 5.56 Å². The van der Waals surface area contributed by atoms with E-state index in [0.717, 1.165) is 12.1 Å². The summed E-state index contributed by atoms with van der Waals surface area (Å²) in [6, 6.07) is 7.53. The molecule has 3 rings (SSSR count). The summed E-state index contributed by atoms with van der Waals surface area (Å²) in [5, 5.41) is 1.24. The zero-order chi connectivity index (χ0) is 12.5. The molecule has 1 aliphatic heterocycles. The van der Waals surface area contributed by atoms with Gasteiger partial charge in [0.15, 0.2) is 4.77 Å². The third-order valence-corrected chi connectivity index (χ3v) is 5.00. The largest absolute Gasteiger partial charge is 0.332 e. The molecule has 0 saturated carbocycles. The predicted octanol–water partition coefficient (Wildman–Crippen LogP) is 2.95. The number of fused-ring (bicyclic) bond motifs is 1.